The number of esters is 1. The van der Waals surface area contributed by atoms with E-state index in [1.807, 2.05) is 0 Å². The third kappa shape index (κ3) is 6.06. The normalized spacial score (nSPS) is 21.9. The first-order chi connectivity index (χ1) is 12.3. The molecule has 0 radical (unpaired) electrons. The number of hydrogen-bond donors (Lipinski definition) is 4. The zero-order chi connectivity index (χ0) is 19.7. The van der Waals surface area contributed by atoms with E-state index < -0.39 is 36.0 Å². The van der Waals surface area contributed by atoms with E-state index in [0.717, 1.165) is 7.11 Å². The number of carbonyl (C=O) groups is 4. The summed E-state index contributed by atoms with van der Waals surface area (Å²) < 4.78 is 9.40. The Hall–Kier alpha value is -2.01. The second-order valence-electron chi connectivity index (χ2n) is 5.78. The van der Waals surface area contributed by atoms with Crippen LogP contribution in [0.5, 0.6) is 0 Å². The average Bonchev–Trinajstić information content (AvgIpc) is 3.30. The predicted octanol–water partition coefficient (Wildman–Crippen LogP) is -1.38. The van der Waals surface area contributed by atoms with Crippen LogP contribution in [0.25, 0.3) is 0 Å². The van der Waals surface area contributed by atoms with Gasteiger partial charge in [-0.05, 0) is 6.42 Å². The molecule has 0 spiro atoms. The van der Waals surface area contributed by atoms with Crippen molar-refractivity contribution in [2.24, 2.45) is 5.41 Å². The number of methoxy groups -OCH3 is 1. The van der Waals surface area contributed by atoms with Crippen LogP contribution in [0.1, 0.15) is 13.3 Å². The van der Waals surface area contributed by atoms with E-state index in [0.29, 0.717) is 17.9 Å². The van der Waals surface area contributed by atoms with Crippen molar-refractivity contribution in [3.8, 4) is 0 Å². The molecule has 1 rings (SSSR count). The SMILES string of the molecule is CNC(=O)OCCSCC1(C(=O)N[C@@H](CO)C(=O)OC)CC1NC(C)=O. The standard InChI is InChI=1S/C15H25N3O7S/c1-9(20)17-11-6-15(11,8-26-5-4-25-14(23)16-2)13(22)18-10(7-19)12(21)24-3/h10-11,19H,4-8H2,1-3H3,(H,16,23)(H,17,20)(H,18,22)/t10-,11?,15?/m0/s1. The molecule has 26 heavy (non-hydrogen) atoms. The van der Waals surface area contributed by atoms with E-state index >= 15 is 0 Å². The lowest BCUT2D eigenvalue weighted by Gasteiger charge is -2.21. The minimum absolute atomic E-state index is 0.175. The zero-order valence-corrected chi connectivity index (χ0v) is 15.8. The number of rotatable bonds is 10. The number of hydrogen-bond acceptors (Lipinski definition) is 8. The first kappa shape index (κ1) is 22.0. The summed E-state index contributed by atoms with van der Waals surface area (Å²) in [7, 11) is 2.61. The molecule has 2 unspecified atom stereocenters. The van der Waals surface area contributed by atoms with Crippen molar-refractivity contribution in [2.75, 3.05) is 38.9 Å². The number of aliphatic hydroxyl groups is 1. The molecule has 11 heteroatoms. The minimum atomic E-state index is -1.16. The highest BCUT2D eigenvalue weighted by Gasteiger charge is 2.60. The Labute approximate surface area is 155 Å². The van der Waals surface area contributed by atoms with Gasteiger partial charge >= 0.3 is 12.1 Å². The van der Waals surface area contributed by atoms with Crippen LogP contribution < -0.4 is 16.0 Å². The summed E-state index contributed by atoms with van der Waals surface area (Å²) in [6, 6.07) is -1.52. The van der Waals surface area contributed by atoms with Gasteiger partial charge < -0.3 is 30.5 Å². The Bertz CT molecular complexity index is 545. The third-order valence-corrected chi connectivity index (χ3v) is 5.08. The van der Waals surface area contributed by atoms with E-state index in [2.05, 4.69) is 20.7 Å². The first-order valence-electron chi connectivity index (χ1n) is 7.99. The lowest BCUT2D eigenvalue weighted by molar-refractivity contribution is -0.146. The molecule has 0 aliphatic heterocycles. The van der Waals surface area contributed by atoms with Gasteiger partial charge in [-0.2, -0.15) is 11.8 Å². The number of alkyl carbamates (subject to hydrolysis) is 1. The second-order valence-corrected chi connectivity index (χ2v) is 6.89. The van der Waals surface area contributed by atoms with Gasteiger partial charge in [-0.1, -0.05) is 0 Å². The van der Waals surface area contributed by atoms with Crippen molar-refractivity contribution < 1.29 is 33.8 Å². The van der Waals surface area contributed by atoms with Crippen LogP contribution in [0.3, 0.4) is 0 Å². The average molecular weight is 391 g/mol. The molecular formula is C15H25N3O7S. The number of ether oxygens (including phenoxy) is 2. The van der Waals surface area contributed by atoms with E-state index in [1.54, 1.807) is 0 Å². The molecule has 4 N–H and O–H groups in total. The molecule has 0 saturated heterocycles. The monoisotopic (exact) mass is 391 g/mol. The lowest BCUT2D eigenvalue weighted by Crippen LogP contribution is -2.49. The lowest BCUT2D eigenvalue weighted by atomic mass is 10.1. The summed E-state index contributed by atoms with van der Waals surface area (Å²) in [4.78, 5) is 46.5. The predicted molar refractivity (Wildman–Crippen MR) is 93.4 cm³/mol. The molecule has 1 aliphatic rings. The van der Waals surface area contributed by atoms with Gasteiger partial charge in [-0.3, -0.25) is 9.59 Å². The maximum atomic E-state index is 12.6. The van der Waals surface area contributed by atoms with Gasteiger partial charge in [0.2, 0.25) is 11.8 Å². The van der Waals surface area contributed by atoms with Crippen LogP contribution in [0, 0.1) is 5.41 Å². The summed E-state index contributed by atoms with van der Waals surface area (Å²) in [5.41, 5.74) is -0.884. The Kier molecular flexibility index (Phi) is 8.66. The van der Waals surface area contributed by atoms with Crippen molar-refractivity contribution in [3.63, 3.8) is 0 Å². The van der Waals surface area contributed by atoms with Gasteiger partial charge in [-0.25, -0.2) is 9.59 Å². The molecule has 10 nitrogen and oxygen atoms in total. The number of amides is 3. The molecule has 0 bridgehead atoms. The van der Waals surface area contributed by atoms with Crippen LogP contribution >= 0.6 is 11.8 Å². The molecule has 0 aromatic rings. The van der Waals surface area contributed by atoms with Gasteiger partial charge in [-0.15, -0.1) is 0 Å². The summed E-state index contributed by atoms with van der Waals surface area (Å²) in [5, 5.41) is 16.7. The number of carbonyl (C=O) groups excluding carboxylic acids is 4. The Balaban J connectivity index is 2.63. The van der Waals surface area contributed by atoms with Crippen LogP contribution in [0.15, 0.2) is 0 Å². The van der Waals surface area contributed by atoms with Crippen molar-refractivity contribution in [2.45, 2.75) is 25.4 Å². The van der Waals surface area contributed by atoms with Crippen LogP contribution in [-0.4, -0.2) is 79.9 Å². The number of aliphatic hydroxyl groups excluding tert-OH is 1. The molecular weight excluding hydrogens is 366 g/mol. The maximum absolute atomic E-state index is 12.6. The highest BCUT2D eigenvalue weighted by atomic mass is 32.2. The van der Waals surface area contributed by atoms with Crippen molar-refractivity contribution in [1.29, 1.82) is 0 Å². The molecule has 3 amide bonds. The number of nitrogens with one attached hydrogen (secondary N) is 3. The molecule has 1 aliphatic carbocycles. The fourth-order valence-electron chi connectivity index (χ4n) is 2.36. The topological polar surface area (TPSA) is 143 Å². The summed E-state index contributed by atoms with van der Waals surface area (Å²) >= 11 is 1.39. The van der Waals surface area contributed by atoms with Gasteiger partial charge in [0, 0.05) is 31.5 Å². The zero-order valence-electron chi connectivity index (χ0n) is 15.0. The van der Waals surface area contributed by atoms with E-state index in [9.17, 15) is 24.3 Å². The Morgan fingerprint density at radius 1 is 1.35 bits per heavy atom. The van der Waals surface area contributed by atoms with Crippen LogP contribution in [0.4, 0.5) is 4.79 Å². The van der Waals surface area contributed by atoms with Gasteiger partial charge in [0.05, 0.1) is 19.1 Å². The largest absolute Gasteiger partial charge is 0.467 e. The Morgan fingerprint density at radius 3 is 2.58 bits per heavy atom. The maximum Gasteiger partial charge on any atom is 0.406 e. The first-order valence-corrected chi connectivity index (χ1v) is 9.15. The van der Waals surface area contributed by atoms with E-state index in [1.165, 1.54) is 25.7 Å². The van der Waals surface area contributed by atoms with Gasteiger partial charge in [0.25, 0.3) is 0 Å². The van der Waals surface area contributed by atoms with Crippen LogP contribution in [-0.2, 0) is 23.9 Å². The van der Waals surface area contributed by atoms with Crippen molar-refractivity contribution in [1.82, 2.24) is 16.0 Å². The van der Waals surface area contributed by atoms with Gasteiger partial charge in [0.15, 0.2) is 6.04 Å². The summed E-state index contributed by atoms with van der Waals surface area (Å²) in [6.45, 7) is 0.941. The van der Waals surface area contributed by atoms with Crippen molar-refractivity contribution >= 4 is 35.6 Å². The summed E-state index contributed by atoms with van der Waals surface area (Å²) in [5.74, 6) is -0.625. The minimum Gasteiger partial charge on any atom is -0.467 e. The molecule has 1 saturated carbocycles. The third-order valence-electron chi connectivity index (χ3n) is 3.90. The smallest absolute Gasteiger partial charge is 0.406 e. The van der Waals surface area contributed by atoms with Crippen LogP contribution in [0.2, 0.25) is 0 Å². The quantitative estimate of drug-likeness (QED) is 0.264. The number of thioether (sulfide) groups is 1. The van der Waals surface area contributed by atoms with Gasteiger partial charge in [0.1, 0.15) is 6.61 Å². The molecule has 3 atom stereocenters. The van der Waals surface area contributed by atoms with E-state index in [4.69, 9.17) is 4.74 Å². The molecule has 148 valence electrons. The highest BCUT2D eigenvalue weighted by molar-refractivity contribution is 7.99. The van der Waals surface area contributed by atoms with Crippen molar-refractivity contribution in [3.05, 3.63) is 0 Å². The van der Waals surface area contributed by atoms with E-state index in [-0.39, 0.29) is 18.6 Å². The summed E-state index contributed by atoms with van der Waals surface area (Å²) in [6.07, 6.45) is -0.120. The molecule has 0 aromatic heterocycles. The Morgan fingerprint density at radius 2 is 2.04 bits per heavy atom. The fourth-order valence-corrected chi connectivity index (χ4v) is 3.52. The fraction of sp³-hybridized carbons (Fsp3) is 0.733. The molecule has 0 aromatic carbocycles. The molecule has 0 heterocycles. The molecule has 1 fully saturated rings. The highest BCUT2D eigenvalue weighted by Crippen LogP contribution is 2.48. The second kappa shape index (κ2) is 10.2.